The maximum atomic E-state index is 15.1. The molecular formula is C38H25F2IrN4. The summed E-state index contributed by atoms with van der Waals surface area (Å²) in [6, 6.07) is 44.5. The van der Waals surface area contributed by atoms with Crippen LogP contribution in [0.3, 0.4) is 0 Å². The zero-order valence-corrected chi connectivity index (χ0v) is 26.7. The molecule has 6 rings (SSSR count). The molecule has 0 amide bonds. The number of nitriles is 1. The predicted molar refractivity (Wildman–Crippen MR) is 163 cm³/mol. The molecule has 3 aromatic heterocycles. The molecule has 0 fully saturated rings. The molecule has 0 bridgehead atoms. The number of pyridine rings is 3. The van der Waals surface area contributed by atoms with Gasteiger partial charge in [-0.1, -0.05) is 29.8 Å². The molecule has 0 atom stereocenters. The fourth-order valence-electron chi connectivity index (χ4n) is 5.50. The number of halogens is 2. The minimum absolute atomic E-state index is 0. The number of hydrogen-bond donors (Lipinski definition) is 0. The zero-order valence-electron chi connectivity index (χ0n) is 24.3. The van der Waals surface area contributed by atoms with E-state index in [0.29, 0.717) is 11.4 Å². The smallest absolute Gasteiger partial charge is 0.300 e. The van der Waals surface area contributed by atoms with Crippen molar-refractivity contribution in [3.8, 4) is 17.3 Å². The molecule has 6 aromatic rings. The van der Waals surface area contributed by atoms with Crippen LogP contribution in [0.2, 0.25) is 0 Å². The summed E-state index contributed by atoms with van der Waals surface area (Å²) in [6.45, 7) is 3.98. The Morgan fingerprint density at radius 2 is 1.29 bits per heavy atom. The van der Waals surface area contributed by atoms with E-state index in [9.17, 15) is 9.65 Å². The monoisotopic (exact) mass is 768 g/mol. The zero-order chi connectivity index (χ0) is 30.7. The van der Waals surface area contributed by atoms with Crippen LogP contribution in [0.15, 0.2) is 115 Å². The van der Waals surface area contributed by atoms with Gasteiger partial charge in [0.1, 0.15) is 0 Å². The fourth-order valence-corrected chi connectivity index (χ4v) is 5.50. The van der Waals surface area contributed by atoms with Crippen LogP contribution < -0.4 is 0 Å². The second kappa shape index (κ2) is 13.0. The van der Waals surface area contributed by atoms with E-state index >= 15 is 4.39 Å². The molecule has 0 radical (unpaired) electrons. The summed E-state index contributed by atoms with van der Waals surface area (Å²) in [6.07, 6.45) is 1.77. The quantitative estimate of drug-likeness (QED) is 0.156. The molecule has 7 heteroatoms. The molecule has 0 saturated carbocycles. The van der Waals surface area contributed by atoms with Crippen molar-refractivity contribution >= 4 is 0 Å². The summed E-state index contributed by atoms with van der Waals surface area (Å²) in [5.41, 5.74) is 2.34. The minimum atomic E-state index is -0.992. The second-order valence-corrected chi connectivity index (χ2v) is 10.8. The fraction of sp³-hybridized carbons (Fsp3) is 0.105. The summed E-state index contributed by atoms with van der Waals surface area (Å²) in [5.74, 6) is -1.96. The first-order valence-electron chi connectivity index (χ1n) is 14.0. The molecule has 45 heavy (non-hydrogen) atoms. The molecule has 3 heterocycles. The van der Waals surface area contributed by atoms with Crippen molar-refractivity contribution < 1.29 is 28.9 Å². The third kappa shape index (κ3) is 5.60. The van der Waals surface area contributed by atoms with Gasteiger partial charge < -0.3 is 4.98 Å². The Morgan fingerprint density at radius 1 is 0.689 bits per heavy atom. The van der Waals surface area contributed by atoms with Gasteiger partial charge in [-0.05, 0) is 49.9 Å². The number of hydrogen-bond acceptors (Lipinski definition) is 4. The van der Waals surface area contributed by atoms with Gasteiger partial charge in [0.15, 0.2) is 0 Å². The van der Waals surface area contributed by atoms with Crippen LogP contribution in [0.5, 0.6) is 0 Å². The van der Waals surface area contributed by atoms with Gasteiger partial charge in [-0.2, -0.15) is 65.9 Å². The average molecular weight is 768 g/mol. The van der Waals surface area contributed by atoms with Crippen LogP contribution in [0, 0.1) is 41.2 Å². The number of nitrogens with zero attached hydrogens (tertiary/aromatic N) is 4. The molecule has 4 nitrogen and oxygen atoms in total. The molecule has 0 unspecified atom stereocenters. The van der Waals surface area contributed by atoms with Crippen molar-refractivity contribution in [3.63, 3.8) is 0 Å². The van der Waals surface area contributed by atoms with Crippen molar-refractivity contribution in [2.24, 2.45) is 0 Å². The Balaban J connectivity index is 0.00000400. The van der Waals surface area contributed by atoms with E-state index in [1.165, 1.54) is 0 Å². The standard InChI is InChI=1S/C38H25F2N4.Ir/c1-37(2,32-19-11-17-31(43-32)28-22-23-30(39)29(25-41)36(28)40)33-20-12-21-35(44-33)38(26-13-5-3-6-14-26,27-15-7-4-8-16-27)34-18-9-10-24-42-34;/h3-13,15,17-21,23-24H,1-2H3;/q-3;+3. The van der Waals surface area contributed by atoms with Gasteiger partial charge >= 0.3 is 20.1 Å². The largest absolute Gasteiger partial charge is 3.00 e. The van der Waals surface area contributed by atoms with E-state index in [2.05, 4.69) is 18.2 Å². The van der Waals surface area contributed by atoms with Crippen LogP contribution in [0.4, 0.5) is 8.78 Å². The second-order valence-electron chi connectivity index (χ2n) is 10.8. The number of aromatic nitrogens is 3. The first kappa shape index (κ1) is 31.5. The summed E-state index contributed by atoms with van der Waals surface area (Å²) in [5, 5.41) is 9.26. The van der Waals surface area contributed by atoms with Gasteiger partial charge in [-0.3, -0.25) is 18.7 Å². The van der Waals surface area contributed by atoms with Crippen LogP contribution >= 0.6 is 0 Å². The maximum Gasteiger partial charge on any atom is 3.00 e. The van der Waals surface area contributed by atoms with Crippen LogP contribution in [0.25, 0.3) is 11.3 Å². The van der Waals surface area contributed by atoms with Crippen molar-refractivity contribution in [1.29, 1.82) is 5.26 Å². The Morgan fingerprint density at radius 3 is 1.89 bits per heavy atom. The van der Waals surface area contributed by atoms with E-state index in [4.69, 9.17) is 15.0 Å². The Labute approximate surface area is 274 Å². The van der Waals surface area contributed by atoms with Gasteiger partial charge in [-0.25, -0.2) is 0 Å². The van der Waals surface area contributed by atoms with Gasteiger partial charge in [0.05, 0.1) is 40.2 Å². The van der Waals surface area contributed by atoms with Crippen molar-refractivity contribution in [2.75, 3.05) is 0 Å². The normalized spacial score (nSPS) is 11.4. The molecule has 0 saturated heterocycles. The summed E-state index contributed by atoms with van der Waals surface area (Å²) in [4.78, 5) is 14.9. The molecule has 0 spiro atoms. The third-order valence-electron chi connectivity index (χ3n) is 7.83. The van der Waals surface area contributed by atoms with Crippen molar-refractivity contribution in [2.45, 2.75) is 24.7 Å². The van der Waals surface area contributed by atoms with Gasteiger partial charge in [0.25, 0.3) is 0 Å². The molecular weight excluding hydrogens is 743 g/mol. The van der Waals surface area contributed by atoms with Crippen LogP contribution in [-0.4, -0.2) is 15.0 Å². The summed E-state index contributed by atoms with van der Waals surface area (Å²) < 4.78 is 29.1. The third-order valence-corrected chi connectivity index (χ3v) is 7.83. The first-order chi connectivity index (χ1) is 21.4. The average Bonchev–Trinajstić information content (AvgIpc) is 3.07. The van der Waals surface area contributed by atoms with Crippen LogP contribution in [-0.2, 0) is 30.9 Å². The molecule has 0 N–H and O–H groups in total. The van der Waals surface area contributed by atoms with Crippen LogP contribution in [0.1, 0.15) is 53.3 Å². The molecule has 0 aliphatic heterocycles. The topological polar surface area (TPSA) is 62.5 Å². The predicted octanol–water partition coefficient (Wildman–Crippen LogP) is 7.80. The Hall–Kier alpha value is -4.89. The molecule has 0 aliphatic carbocycles. The SMILES string of the molecule is CC(C)(c1cccc(-c2[c-]cc(F)c(C#N)c2F)n1)c1cccc(C(c2[c-]cccc2)(c2[c-]cccc2)c2ccccn2)n1.[Ir+3]. The van der Waals surface area contributed by atoms with E-state index in [1.807, 2.05) is 105 Å². The van der Waals surface area contributed by atoms with Crippen molar-refractivity contribution in [1.82, 2.24) is 15.0 Å². The van der Waals surface area contributed by atoms with E-state index in [0.717, 1.165) is 28.6 Å². The summed E-state index contributed by atoms with van der Waals surface area (Å²) in [7, 11) is 0. The minimum Gasteiger partial charge on any atom is -0.300 e. The number of benzene rings is 3. The van der Waals surface area contributed by atoms with Crippen molar-refractivity contribution in [3.05, 3.63) is 185 Å². The van der Waals surface area contributed by atoms with Gasteiger partial charge in [-0.15, -0.1) is 23.3 Å². The Kier molecular flexibility index (Phi) is 9.11. The summed E-state index contributed by atoms with van der Waals surface area (Å²) >= 11 is 0. The molecule has 3 aromatic carbocycles. The van der Waals surface area contributed by atoms with Gasteiger partial charge in [0, 0.05) is 22.9 Å². The van der Waals surface area contributed by atoms with E-state index in [1.54, 1.807) is 24.4 Å². The maximum absolute atomic E-state index is 15.1. The number of rotatable bonds is 7. The molecule has 220 valence electrons. The Bertz CT molecular complexity index is 1880. The van der Waals surface area contributed by atoms with E-state index in [-0.39, 0.29) is 31.4 Å². The molecule has 0 aliphatic rings. The first-order valence-corrected chi connectivity index (χ1v) is 14.0. The van der Waals surface area contributed by atoms with E-state index < -0.39 is 28.0 Å². The van der Waals surface area contributed by atoms with Gasteiger partial charge in [0.2, 0.25) is 0 Å².